The molecule has 0 unspecified atom stereocenters. The SMILES string of the molecule is c1ccc(-c2nc(-c3ccc4c(c3)oc3ccccc34)nc(-c3cccc4sc5c(-c6cc(-c7ccccc7)c7c(c6)oc6ccccc67)cccc5c34)n2)cc1. The van der Waals surface area contributed by atoms with Crippen LogP contribution >= 0.6 is 11.3 Å². The molecule has 4 heterocycles. The van der Waals surface area contributed by atoms with Gasteiger partial charge in [-0.2, -0.15) is 0 Å². The van der Waals surface area contributed by atoms with Gasteiger partial charge in [0.2, 0.25) is 0 Å². The minimum atomic E-state index is 0.589. The number of nitrogens with zero attached hydrogens (tertiary/aromatic N) is 3. The topological polar surface area (TPSA) is 65.0 Å². The van der Waals surface area contributed by atoms with Gasteiger partial charge in [-0.1, -0.05) is 133 Å². The molecule has 8 aromatic carbocycles. The summed E-state index contributed by atoms with van der Waals surface area (Å²) >= 11 is 1.79. The van der Waals surface area contributed by atoms with Gasteiger partial charge in [0.15, 0.2) is 17.5 Å². The first-order valence-electron chi connectivity index (χ1n) is 18.9. The van der Waals surface area contributed by atoms with Gasteiger partial charge < -0.3 is 8.83 Å². The van der Waals surface area contributed by atoms with E-state index in [0.29, 0.717) is 17.5 Å². The van der Waals surface area contributed by atoms with Crippen LogP contribution in [0.2, 0.25) is 0 Å². The average Bonchev–Trinajstić information content (AvgIpc) is 3.97. The van der Waals surface area contributed by atoms with Gasteiger partial charge in [-0.05, 0) is 64.7 Å². The molecule has 0 radical (unpaired) electrons. The molecule has 0 fully saturated rings. The van der Waals surface area contributed by atoms with Crippen LogP contribution in [0.4, 0.5) is 0 Å². The predicted octanol–water partition coefficient (Wildman–Crippen LogP) is 14.4. The Kier molecular flexibility index (Phi) is 7.03. The lowest BCUT2D eigenvalue weighted by atomic mass is 9.93. The summed E-state index contributed by atoms with van der Waals surface area (Å²) in [6.07, 6.45) is 0. The van der Waals surface area contributed by atoms with E-state index in [1.165, 1.54) is 4.70 Å². The van der Waals surface area contributed by atoms with Crippen LogP contribution in [0.3, 0.4) is 0 Å². The van der Waals surface area contributed by atoms with Crippen LogP contribution in [0.1, 0.15) is 0 Å². The van der Waals surface area contributed by atoms with Crippen LogP contribution in [0.25, 0.3) is 120 Å². The molecule has 0 N–H and O–H groups in total. The molecule has 57 heavy (non-hydrogen) atoms. The first kappa shape index (κ1) is 31.9. The fraction of sp³-hybridized carbons (Fsp3) is 0. The zero-order valence-electron chi connectivity index (χ0n) is 30.3. The monoisotopic (exact) mass is 747 g/mol. The summed E-state index contributed by atoms with van der Waals surface area (Å²) in [7, 11) is 0. The zero-order chi connectivity index (χ0) is 37.5. The number of thiophene rings is 1. The fourth-order valence-electron chi connectivity index (χ4n) is 8.32. The molecule has 0 saturated heterocycles. The van der Waals surface area contributed by atoms with E-state index in [2.05, 4.69) is 109 Å². The number of hydrogen-bond acceptors (Lipinski definition) is 6. The molecular weight excluding hydrogens is 719 g/mol. The first-order valence-corrected chi connectivity index (χ1v) is 19.7. The summed E-state index contributed by atoms with van der Waals surface area (Å²) in [6, 6.07) is 60.9. The number of fused-ring (bicyclic) bond motifs is 9. The smallest absolute Gasteiger partial charge is 0.164 e. The first-order chi connectivity index (χ1) is 28.2. The van der Waals surface area contributed by atoms with Crippen molar-refractivity contribution in [3.8, 4) is 56.4 Å². The van der Waals surface area contributed by atoms with Crippen LogP contribution in [-0.2, 0) is 0 Å². The standard InChI is InChI=1S/C51H29N3O2S/c1-3-13-30(14-4-1)40-27-33(29-44-46(40)37-18-8-10-23-42(37)56-44)34-19-11-20-38-47-39(21-12-24-45(47)57-48(34)38)51-53-49(31-15-5-2-6-16-31)52-50(54-51)32-25-26-36-35-17-7-9-22-41(35)55-43(36)28-32/h1-29H. The number of aromatic nitrogens is 3. The zero-order valence-corrected chi connectivity index (χ0v) is 31.1. The highest BCUT2D eigenvalue weighted by Crippen LogP contribution is 2.46. The van der Waals surface area contributed by atoms with Gasteiger partial charge >= 0.3 is 0 Å². The number of furan rings is 2. The van der Waals surface area contributed by atoms with Crippen molar-refractivity contribution >= 4 is 75.4 Å². The second kappa shape index (κ2) is 12.6. The molecule has 4 aromatic heterocycles. The highest BCUT2D eigenvalue weighted by molar-refractivity contribution is 7.26. The molecule has 0 saturated carbocycles. The Morgan fingerprint density at radius 3 is 1.75 bits per heavy atom. The van der Waals surface area contributed by atoms with Crippen LogP contribution < -0.4 is 0 Å². The summed E-state index contributed by atoms with van der Waals surface area (Å²) < 4.78 is 15.2. The third-order valence-corrected chi connectivity index (χ3v) is 12.1. The van der Waals surface area contributed by atoms with Crippen molar-refractivity contribution in [2.24, 2.45) is 0 Å². The van der Waals surface area contributed by atoms with Gasteiger partial charge in [0.1, 0.15) is 22.3 Å². The molecule has 0 aliphatic rings. The number of hydrogen-bond donors (Lipinski definition) is 0. The van der Waals surface area contributed by atoms with E-state index >= 15 is 0 Å². The van der Waals surface area contributed by atoms with E-state index in [-0.39, 0.29) is 0 Å². The maximum Gasteiger partial charge on any atom is 0.164 e. The molecule has 0 aliphatic carbocycles. The van der Waals surface area contributed by atoms with E-state index < -0.39 is 0 Å². The van der Waals surface area contributed by atoms with Crippen LogP contribution in [0, 0.1) is 0 Å². The van der Waals surface area contributed by atoms with Gasteiger partial charge in [-0.25, -0.2) is 15.0 Å². The van der Waals surface area contributed by atoms with Crippen LogP contribution in [0.15, 0.2) is 185 Å². The molecule has 0 aliphatic heterocycles. The molecule has 0 bridgehead atoms. The van der Waals surface area contributed by atoms with E-state index in [1.807, 2.05) is 66.7 Å². The Morgan fingerprint density at radius 2 is 0.930 bits per heavy atom. The van der Waals surface area contributed by atoms with Gasteiger partial charge in [0.05, 0.1) is 0 Å². The summed E-state index contributed by atoms with van der Waals surface area (Å²) in [5.74, 6) is 1.82. The van der Waals surface area contributed by atoms with E-state index in [9.17, 15) is 0 Å². The number of benzene rings is 8. The molecular formula is C51H29N3O2S. The lowest BCUT2D eigenvalue weighted by Crippen LogP contribution is -2.00. The van der Waals surface area contributed by atoms with Crippen LogP contribution in [0.5, 0.6) is 0 Å². The van der Waals surface area contributed by atoms with Crippen molar-refractivity contribution in [2.75, 3.05) is 0 Å². The Hall–Kier alpha value is -7.41. The third kappa shape index (κ3) is 5.12. The van der Waals surface area contributed by atoms with E-state index in [0.717, 1.165) is 98.3 Å². The highest BCUT2D eigenvalue weighted by Gasteiger charge is 2.21. The second-order valence-electron chi connectivity index (χ2n) is 14.3. The minimum absolute atomic E-state index is 0.589. The van der Waals surface area contributed by atoms with E-state index in [4.69, 9.17) is 23.8 Å². The van der Waals surface area contributed by atoms with Crippen molar-refractivity contribution in [3.05, 3.63) is 176 Å². The Morgan fingerprint density at radius 1 is 0.333 bits per heavy atom. The normalized spacial score (nSPS) is 11.9. The summed E-state index contributed by atoms with van der Waals surface area (Å²) in [6.45, 7) is 0. The predicted molar refractivity (Wildman–Crippen MR) is 234 cm³/mol. The molecule has 6 heteroatoms. The van der Waals surface area contributed by atoms with Gasteiger partial charge in [0, 0.05) is 58.4 Å². The van der Waals surface area contributed by atoms with Crippen molar-refractivity contribution in [2.45, 2.75) is 0 Å². The molecule has 0 amide bonds. The lowest BCUT2D eigenvalue weighted by Gasteiger charge is -2.10. The second-order valence-corrected chi connectivity index (χ2v) is 15.4. The summed E-state index contributed by atoms with van der Waals surface area (Å²) in [4.78, 5) is 15.4. The quantitative estimate of drug-likeness (QED) is 0.175. The summed E-state index contributed by atoms with van der Waals surface area (Å²) in [5, 5.41) is 6.67. The molecule has 266 valence electrons. The van der Waals surface area contributed by atoms with Crippen molar-refractivity contribution in [1.29, 1.82) is 0 Å². The van der Waals surface area contributed by atoms with Crippen molar-refractivity contribution < 1.29 is 8.83 Å². The van der Waals surface area contributed by atoms with E-state index in [1.54, 1.807) is 11.3 Å². The maximum atomic E-state index is 6.53. The Balaban J connectivity index is 1.07. The number of rotatable bonds is 5. The van der Waals surface area contributed by atoms with Gasteiger partial charge in [0.25, 0.3) is 0 Å². The largest absolute Gasteiger partial charge is 0.456 e. The molecule has 12 rings (SSSR count). The average molecular weight is 748 g/mol. The van der Waals surface area contributed by atoms with Gasteiger partial charge in [-0.15, -0.1) is 11.3 Å². The third-order valence-electron chi connectivity index (χ3n) is 10.9. The molecule has 5 nitrogen and oxygen atoms in total. The Bertz CT molecular complexity index is 3530. The molecule has 12 aromatic rings. The van der Waals surface area contributed by atoms with Crippen molar-refractivity contribution in [3.63, 3.8) is 0 Å². The summed E-state index contributed by atoms with van der Waals surface area (Å²) in [5.41, 5.74) is 10.7. The lowest BCUT2D eigenvalue weighted by molar-refractivity contribution is 0.668. The van der Waals surface area contributed by atoms with Gasteiger partial charge in [-0.3, -0.25) is 0 Å². The Labute approximate surface area is 330 Å². The van der Waals surface area contributed by atoms with Crippen LogP contribution in [-0.4, -0.2) is 15.0 Å². The highest BCUT2D eigenvalue weighted by atomic mass is 32.1. The van der Waals surface area contributed by atoms with Crippen molar-refractivity contribution in [1.82, 2.24) is 15.0 Å². The molecule has 0 spiro atoms. The number of para-hydroxylation sites is 2. The molecule has 0 atom stereocenters. The maximum absolute atomic E-state index is 6.53. The minimum Gasteiger partial charge on any atom is -0.456 e. The fourth-order valence-corrected chi connectivity index (χ4v) is 9.59.